The van der Waals surface area contributed by atoms with E-state index < -0.39 is 0 Å². The fraction of sp³-hybridized carbons (Fsp3) is 0.185. The third-order valence-corrected chi connectivity index (χ3v) is 22.9. The van der Waals surface area contributed by atoms with Gasteiger partial charge in [0.15, 0.2) is 0 Å². The monoisotopic (exact) mass is 1270 g/mol. The van der Waals surface area contributed by atoms with Gasteiger partial charge in [0.2, 0.25) is 0 Å². The van der Waals surface area contributed by atoms with Gasteiger partial charge < -0.3 is 20.1 Å². The molecule has 0 saturated heterocycles. The molecule has 5 nitrogen and oxygen atoms in total. The molecule has 478 valence electrons. The third-order valence-electron chi connectivity index (χ3n) is 22.9. The Labute approximate surface area is 578 Å². The van der Waals surface area contributed by atoms with Crippen molar-refractivity contribution in [1.82, 2.24) is 9.55 Å². The molecule has 0 bridgehead atoms. The summed E-state index contributed by atoms with van der Waals surface area (Å²) in [5, 5.41) is 2.40. The van der Waals surface area contributed by atoms with Gasteiger partial charge in [0, 0.05) is 68.8 Å². The summed E-state index contributed by atoms with van der Waals surface area (Å²) in [6.07, 6.45) is 10.6. The van der Waals surface area contributed by atoms with Crippen LogP contribution in [0.3, 0.4) is 0 Å². The van der Waals surface area contributed by atoms with Gasteiger partial charge in [0.25, 0.3) is 6.71 Å². The molecule has 2 aliphatic heterocycles. The van der Waals surface area contributed by atoms with E-state index in [2.05, 4.69) is 344 Å². The van der Waals surface area contributed by atoms with E-state index in [0.717, 1.165) is 127 Å². The normalized spacial score (nSPS) is 16.4. The zero-order valence-electron chi connectivity index (χ0n) is 57.8. The van der Waals surface area contributed by atoms with Crippen molar-refractivity contribution in [2.75, 3.05) is 9.80 Å². The highest BCUT2D eigenvalue weighted by Crippen LogP contribution is 2.54. The van der Waals surface area contributed by atoms with Gasteiger partial charge in [-0.25, -0.2) is 0 Å². The highest BCUT2D eigenvalue weighted by Gasteiger charge is 2.47. The van der Waals surface area contributed by atoms with Crippen LogP contribution < -0.4 is 31.9 Å². The zero-order valence-corrected chi connectivity index (χ0v) is 57.8. The maximum absolute atomic E-state index is 7.32. The summed E-state index contributed by atoms with van der Waals surface area (Å²) in [5.41, 5.74) is 39.8. The number of hydrogen-bond donors (Lipinski definition) is 1. The topological polar surface area (TPSA) is 50.3 Å². The molecule has 0 spiro atoms. The summed E-state index contributed by atoms with van der Waals surface area (Å²) in [5.74, 6) is 0. The average Bonchev–Trinajstić information content (AvgIpc) is 0.799. The molecular formula is C92H82BN5. The first-order valence-corrected chi connectivity index (χ1v) is 35.2. The van der Waals surface area contributed by atoms with Crippen molar-refractivity contribution in [1.29, 1.82) is 0 Å². The molecule has 17 rings (SSSR count). The maximum atomic E-state index is 7.32. The van der Waals surface area contributed by atoms with Crippen molar-refractivity contribution in [3.05, 3.63) is 312 Å². The van der Waals surface area contributed by atoms with Crippen molar-refractivity contribution in [2.24, 2.45) is 5.73 Å². The van der Waals surface area contributed by atoms with E-state index in [1.54, 1.807) is 0 Å². The number of nitrogens with zero attached hydrogens (tertiary/aromatic N) is 4. The molecule has 2 N–H and O–H groups in total. The van der Waals surface area contributed by atoms with Crippen LogP contribution in [0, 0.1) is 0 Å². The van der Waals surface area contributed by atoms with Crippen LogP contribution in [0.5, 0.6) is 0 Å². The van der Waals surface area contributed by atoms with Gasteiger partial charge in [0.05, 0.1) is 28.1 Å². The largest absolute Gasteiger partial charge is 0.404 e. The van der Waals surface area contributed by atoms with Crippen LogP contribution >= 0.6 is 0 Å². The Morgan fingerprint density at radius 1 is 0.408 bits per heavy atom. The van der Waals surface area contributed by atoms with E-state index in [1.807, 2.05) is 6.20 Å². The number of aromatic nitrogens is 2. The number of hydrogen-bond acceptors (Lipinski definition) is 4. The first kappa shape index (κ1) is 60.9. The number of anilines is 5. The molecule has 13 aromatic rings. The van der Waals surface area contributed by atoms with Crippen LogP contribution in [0.2, 0.25) is 0 Å². The molecular weight excluding hydrogens is 1190 g/mol. The molecule has 0 saturated carbocycles. The molecule has 6 heteroatoms. The Morgan fingerprint density at radius 2 is 0.827 bits per heavy atom. The number of para-hydroxylation sites is 2. The molecule has 2 aliphatic carbocycles. The minimum absolute atomic E-state index is 0.0108. The van der Waals surface area contributed by atoms with Gasteiger partial charge >= 0.3 is 0 Å². The van der Waals surface area contributed by atoms with Gasteiger partial charge in [-0.05, 0) is 179 Å². The van der Waals surface area contributed by atoms with Crippen molar-refractivity contribution >= 4 is 84.5 Å². The van der Waals surface area contributed by atoms with E-state index in [1.165, 1.54) is 66.1 Å². The second kappa shape index (κ2) is 23.0. The number of benzene rings is 11. The summed E-state index contributed by atoms with van der Waals surface area (Å²) in [7, 11) is 0. The predicted molar refractivity (Wildman–Crippen MR) is 416 cm³/mol. The highest BCUT2D eigenvalue weighted by molar-refractivity contribution is 7.00. The molecule has 0 amide bonds. The number of allylic oxidation sites excluding steroid dienone is 2. The number of rotatable bonds is 10. The first-order valence-electron chi connectivity index (χ1n) is 35.2. The molecule has 0 atom stereocenters. The number of nitrogens with two attached hydrogens (primary N) is 1. The number of pyridine rings is 1. The Kier molecular flexibility index (Phi) is 14.3. The first-order chi connectivity index (χ1) is 47.5. The zero-order chi connectivity index (χ0) is 67.0. The van der Waals surface area contributed by atoms with Crippen LogP contribution in [-0.4, -0.2) is 16.3 Å². The van der Waals surface area contributed by atoms with E-state index >= 15 is 0 Å². The smallest absolute Gasteiger partial charge is 0.252 e. The molecule has 4 aliphatic rings. The maximum Gasteiger partial charge on any atom is 0.252 e. The van der Waals surface area contributed by atoms with Crippen LogP contribution in [0.1, 0.15) is 121 Å². The average molecular weight is 1270 g/mol. The van der Waals surface area contributed by atoms with Crippen LogP contribution in [0.25, 0.3) is 83.1 Å². The lowest BCUT2D eigenvalue weighted by atomic mass is 9.33. The minimum Gasteiger partial charge on any atom is -0.404 e. The second-order valence-corrected chi connectivity index (χ2v) is 30.6. The van der Waals surface area contributed by atoms with Gasteiger partial charge in [-0.15, -0.1) is 0 Å². The molecule has 4 heterocycles. The van der Waals surface area contributed by atoms with Crippen LogP contribution in [0.4, 0.5) is 28.4 Å². The van der Waals surface area contributed by atoms with Crippen LogP contribution in [-0.2, 0) is 21.7 Å². The van der Waals surface area contributed by atoms with E-state index in [9.17, 15) is 0 Å². The quantitative estimate of drug-likeness (QED) is 0.110. The molecule has 0 radical (unpaired) electrons. The molecule has 0 fully saturated rings. The fourth-order valence-electron chi connectivity index (χ4n) is 17.3. The van der Waals surface area contributed by atoms with Crippen molar-refractivity contribution in [3.63, 3.8) is 0 Å². The van der Waals surface area contributed by atoms with Gasteiger partial charge in [-0.2, -0.15) is 0 Å². The second-order valence-electron chi connectivity index (χ2n) is 30.6. The van der Waals surface area contributed by atoms with Crippen LogP contribution in [0.15, 0.2) is 279 Å². The molecule has 11 aromatic carbocycles. The van der Waals surface area contributed by atoms with Crippen molar-refractivity contribution in [3.8, 4) is 50.2 Å². The third kappa shape index (κ3) is 9.76. The Bertz CT molecular complexity index is 5310. The lowest BCUT2D eigenvalue weighted by molar-refractivity contribution is 0.332. The summed E-state index contributed by atoms with van der Waals surface area (Å²) in [4.78, 5) is 10.5. The Morgan fingerprint density at radius 3 is 1.34 bits per heavy atom. The van der Waals surface area contributed by atoms with Crippen molar-refractivity contribution in [2.45, 2.75) is 110 Å². The lowest BCUT2D eigenvalue weighted by Gasteiger charge is -2.46. The summed E-state index contributed by atoms with van der Waals surface area (Å²) in [6, 6.07) is 96.1. The predicted octanol–water partition coefficient (Wildman–Crippen LogP) is 21.7. The van der Waals surface area contributed by atoms with Gasteiger partial charge in [-0.1, -0.05) is 274 Å². The molecule has 98 heavy (non-hydrogen) atoms. The SMILES string of the molecule is C/C(=C(\C(=C/N)c1ccccc1)N1c2cc(-c3ccc4c(c3)C(C)(C)CCC4(C)C)ccc2B2c3ccc(-c4ccc5c(c4)C(C)(C)CCC5(C)C)cc3N(c3c(-c4ccccc4)cncc3-c3ccccc3)c3cc(-n4c5ccccc5c5ccccc54)cc1c32)c1ccccc1. The van der Waals surface area contributed by atoms with Crippen molar-refractivity contribution < 1.29 is 0 Å². The van der Waals surface area contributed by atoms with Gasteiger partial charge in [0.1, 0.15) is 0 Å². The minimum atomic E-state index is -0.248. The van der Waals surface area contributed by atoms with Gasteiger partial charge in [-0.3, -0.25) is 4.98 Å². The fourth-order valence-corrected chi connectivity index (χ4v) is 17.3. The lowest BCUT2D eigenvalue weighted by Crippen LogP contribution is -2.62. The van der Waals surface area contributed by atoms with E-state index in [-0.39, 0.29) is 28.4 Å². The standard InChI is InChI=1S/C92H82BN5/c1-59(60-26-14-10-15-27-60)87(71(56-94)61-28-16-11-17-29-61)97-82-52-66(64-38-42-74-76(50-64)91(6,7)48-46-89(74,2)3)40-44-78(82)93-79-45-41-67(65-39-43-75-77(51-65)92(8,9)49-47-90(75,4)5)53-83(79)98(88-72(62-30-18-12-19-31-62)57-95-58-73(88)63-32-20-13-21-33-63)85-55-68(54-84(97)86(85)93)96-80-36-24-22-34-69(80)70-35-23-25-37-81(70)96/h10-45,50-58H,46-49,94H2,1-9H3/b71-56-,87-59-. The summed E-state index contributed by atoms with van der Waals surface area (Å²) < 4.78 is 2.52. The Balaban J connectivity index is 1.05. The van der Waals surface area contributed by atoms with E-state index in [0.29, 0.717) is 0 Å². The highest BCUT2D eigenvalue weighted by atomic mass is 15.2. The number of fused-ring (bicyclic) bond motifs is 9. The summed E-state index contributed by atoms with van der Waals surface area (Å²) in [6.45, 7) is 21.5. The summed E-state index contributed by atoms with van der Waals surface area (Å²) >= 11 is 0. The Hall–Kier alpha value is -10.7. The molecule has 2 aromatic heterocycles. The van der Waals surface area contributed by atoms with E-state index in [4.69, 9.17) is 10.7 Å². The molecule has 0 unspecified atom stereocenters.